The van der Waals surface area contributed by atoms with E-state index in [1.165, 1.54) is 12.1 Å². The van der Waals surface area contributed by atoms with E-state index >= 15 is 0 Å². The van der Waals surface area contributed by atoms with Gasteiger partial charge in [0.15, 0.2) is 0 Å². The van der Waals surface area contributed by atoms with E-state index in [-0.39, 0.29) is 35.8 Å². The highest BCUT2D eigenvalue weighted by atomic mass is 19.1. The topological polar surface area (TPSA) is 88.5 Å². The summed E-state index contributed by atoms with van der Waals surface area (Å²) in [5.41, 5.74) is 2.23. The van der Waals surface area contributed by atoms with Crippen molar-refractivity contribution in [2.75, 3.05) is 26.8 Å². The molecule has 0 aliphatic carbocycles. The maximum Gasteiger partial charge on any atom is 0.329 e. The van der Waals surface area contributed by atoms with E-state index in [4.69, 9.17) is 14.2 Å². The van der Waals surface area contributed by atoms with Crippen LogP contribution in [0.25, 0.3) is 0 Å². The van der Waals surface area contributed by atoms with Gasteiger partial charge in [-0.25, -0.2) is 13.6 Å². The number of nitrogens with zero attached hydrogens (tertiary/aromatic N) is 2. The molecule has 2 aliphatic heterocycles. The fourth-order valence-corrected chi connectivity index (χ4v) is 7.39. The molecule has 2 saturated heterocycles. The Morgan fingerprint density at radius 1 is 1.02 bits per heavy atom. The van der Waals surface area contributed by atoms with Gasteiger partial charge in [-0.05, 0) is 72.6 Å². The number of aryl methyl sites for hydroxylation is 1. The van der Waals surface area contributed by atoms with Gasteiger partial charge in [0.2, 0.25) is 5.91 Å². The van der Waals surface area contributed by atoms with Crippen molar-refractivity contribution in [2.24, 2.45) is 11.8 Å². The van der Waals surface area contributed by atoms with E-state index in [0.29, 0.717) is 51.9 Å². The van der Waals surface area contributed by atoms with Crippen LogP contribution in [0.3, 0.4) is 0 Å². The quantitative estimate of drug-likeness (QED) is 0.134. The molecule has 8 nitrogen and oxygen atoms in total. The average molecular weight is 705 g/mol. The standard InChI is InChI=1S/C41H50F2N2O6/c1-5-19-50-34-24-37(44(26-34)25-29-11-14-33(49-4)15-12-29)39(46)38(22-30-20-31(42)23-32(43)21-30)51-41(48)36(16-13-28-9-7-6-8-10-28)45-18-17-35(27(2)3)40(45)47/h5-12,14-15,20-21,23,27,34-39,46H,1,13,16-19,22,24-26H2,2-4H3/t34-,35?,36?,37-,38+,39-/m1/s1. The number of halogens is 2. The molecule has 0 spiro atoms. The Balaban J connectivity index is 1.44. The number of benzene rings is 3. The zero-order valence-electron chi connectivity index (χ0n) is 29.8. The Labute approximate surface area is 300 Å². The van der Waals surface area contributed by atoms with Crippen LogP contribution in [-0.4, -0.2) is 84.0 Å². The van der Waals surface area contributed by atoms with Crippen molar-refractivity contribution in [3.63, 3.8) is 0 Å². The lowest BCUT2D eigenvalue weighted by atomic mass is 9.94. The molecule has 1 N–H and O–H groups in total. The predicted molar refractivity (Wildman–Crippen MR) is 191 cm³/mol. The molecular weight excluding hydrogens is 654 g/mol. The summed E-state index contributed by atoms with van der Waals surface area (Å²) in [5, 5.41) is 12.2. The summed E-state index contributed by atoms with van der Waals surface area (Å²) in [6.07, 6.45) is 0.754. The van der Waals surface area contributed by atoms with Crippen molar-refractivity contribution >= 4 is 11.9 Å². The maximum absolute atomic E-state index is 14.4. The molecule has 0 saturated carbocycles. The van der Waals surface area contributed by atoms with Gasteiger partial charge in [-0.2, -0.15) is 0 Å². The summed E-state index contributed by atoms with van der Waals surface area (Å²) in [7, 11) is 1.60. The molecule has 0 aromatic heterocycles. The highest BCUT2D eigenvalue weighted by molar-refractivity contribution is 5.87. The number of carbonyl (C=O) groups excluding carboxylic acids is 2. The van der Waals surface area contributed by atoms with Crippen molar-refractivity contribution in [2.45, 2.75) is 82.9 Å². The Morgan fingerprint density at radius 2 is 1.73 bits per heavy atom. The minimum absolute atomic E-state index is 0.0898. The minimum atomic E-state index is -1.26. The van der Waals surface area contributed by atoms with E-state index in [9.17, 15) is 23.5 Å². The lowest BCUT2D eigenvalue weighted by Gasteiger charge is -2.35. The van der Waals surface area contributed by atoms with E-state index in [1.807, 2.05) is 68.4 Å². The normalized spacial score (nSPS) is 21.1. The average Bonchev–Trinajstić information content (AvgIpc) is 3.70. The maximum atomic E-state index is 14.4. The fourth-order valence-electron chi connectivity index (χ4n) is 7.39. The zero-order valence-corrected chi connectivity index (χ0v) is 29.8. The summed E-state index contributed by atoms with van der Waals surface area (Å²) in [5.74, 6) is -1.65. The van der Waals surface area contributed by atoms with Crippen LogP contribution >= 0.6 is 0 Å². The first-order valence-electron chi connectivity index (χ1n) is 17.8. The summed E-state index contributed by atoms with van der Waals surface area (Å²) >= 11 is 0. The number of hydrogen-bond donors (Lipinski definition) is 1. The summed E-state index contributed by atoms with van der Waals surface area (Å²) in [6.45, 7) is 9.46. The van der Waals surface area contributed by atoms with E-state index in [0.717, 1.165) is 22.9 Å². The van der Waals surface area contributed by atoms with E-state index < -0.39 is 41.9 Å². The van der Waals surface area contributed by atoms with Gasteiger partial charge in [-0.3, -0.25) is 9.69 Å². The van der Waals surface area contributed by atoms with Crippen molar-refractivity contribution in [1.82, 2.24) is 9.80 Å². The molecule has 2 fully saturated rings. The number of carbonyl (C=O) groups is 2. The number of rotatable bonds is 17. The van der Waals surface area contributed by atoms with Crippen LogP contribution < -0.4 is 4.74 Å². The molecule has 274 valence electrons. The zero-order chi connectivity index (χ0) is 36.5. The predicted octanol–water partition coefficient (Wildman–Crippen LogP) is 6.14. The van der Waals surface area contributed by atoms with Gasteiger partial charge in [-0.15, -0.1) is 6.58 Å². The van der Waals surface area contributed by atoms with Crippen LogP contribution in [0.5, 0.6) is 5.75 Å². The Hall–Kier alpha value is -4.12. The Bertz CT molecular complexity index is 1580. The lowest BCUT2D eigenvalue weighted by molar-refractivity contribution is -0.166. The van der Waals surface area contributed by atoms with Crippen molar-refractivity contribution in [3.8, 4) is 5.75 Å². The third-order valence-corrected chi connectivity index (χ3v) is 10.1. The van der Waals surface area contributed by atoms with Crippen LogP contribution in [0.4, 0.5) is 8.78 Å². The number of methoxy groups -OCH3 is 1. The monoisotopic (exact) mass is 704 g/mol. The van der Waals surface area contributed by atoms with Gasteiger partial charge in [0.1, 0.15) is 35.6 Å². The number of likely N-dealkylation sites (tertiary alicyclic amines) is 2. The molecule has 1 amide bonds. The molecule has 0 bridgehead atoms. The third-order valence-electron chi connectivity index (χ3n) is 10.1. The van der Waals surface area contributed by atoms with E-state index in [2.05, 4.69) is 11.5 Å². The second-order valence-electron chi connectivity index (χ2n) is 14.0. The fraction of sp³-hybridized carbons (Fsp3) is 0.463. The van der Waals surface area contributed by atoms with Crippen LogP contribution in [0.2, 0.25) is 0 Å². The van der Waals surface area contributed by atoms with E-state index in [1.54, 1.807) is 18.1 Å². The number of ether oxygens (including phenoxy) is 3. The first kappa shape index (κ1) is 38.1. The number of esters is 1. The molecule has 2 aliphatic rings. The second kappa shape index (κ2) is 17.9. The van der Waals surface area contributed by atoms with Crippen molar-refractivity contribution in [3.05, 3.63) is 114 Å². The summed E-state index contributed by atoms with van der Waals surface area (Å²) < 4.78 is 46.4. The summed E-state index contributed by atoms with van der Waals surface area (Å²) in [6, 6.07) is 19.0. The molecule has 2 heterocycles. The van der Waals surface area contributed by atoms with Gasteiger partial charge < -0.3 is 24.2 Å². The highest BCUT2D eigenvalue weighted by Crippen LogP contribution is 2.32. The third kappa shape index (κ3) is 10.0. The molecule has 3 aromatic rings. The first-order chi connectivity index (χ1) is 24.6. The minimum Gasteiger partial charge on any atom is -0.497 e. The molecule has 2 unspecified atom stereocenters. The van der Waals surface area contributed by atoms with Gasteiger partial charge in [0.25, 0.3) is 0 Å². The van der Waals surface area contributed by atoms with Crippen LogP contribution in [0.1, 0.15) is 49.8 Å². The second-order valence-corrected chi connectivity index (χ2v) is 14.0. The number of amides is 1. The van der Waals surface area contributed by atoms with Crippen LogP contribution in [0, 0.1) is 23.5 Å². The van der Waals surface area contributed by atoms with Gasteiger partial charge in [0.05, 0.1) is 19.8 Å². The molecular formula is C41H50F2N2O6. The van der Waals surface area contributed by atoms with Gasteiger partial charge in [0, 0.05) is 44.1 Å². The molecule has 10 heteroatoms. The SMILES string of the molecule is C=CCO[C@@H]1C[C@H]([C@@H](O)[C@H](Cc2cc(F)cc(F)c2)OC(=O)C(CCc2ccccc2)N2CCC(C(C)C)C2=O)N(Cc2ccc(OC)cc2)C1. The molecule has 6 atom stereocenters. The Morgan fingerprint density at radius 3 is 2.35 bits per heavy atom. The smallest absolute Gasteiger partial charge is 0.329 e. The van der Waals surface area contributed by atoms with Crippen LogP contribution in [-0.2, 0) is 38.4 Å². The van der Waals surface area contributed by atoms with Crippen molar-refractivity contribution in [1.29, 1.82) is 0 Å². The molecule has 0 radical (unpaired) electrons. The van der Waals surface area contributed by atoms with Crippen molar-refractivity contribution < 1.29 is 37.7 Å². The molecule has 3 aromatic carbocycles. The largest absolute Gasteiger partial charge is 0.497 e. The van der Waals surface area contributed by atoms with Gasteiger partial charge >= 0.3 is 5.97 Å². The molecule has 5 rings (SSSR count). The summed E-state index contributed by atoms with van der Waals surface area (Å²) in [4.78, 5) is 31.7. The lowest BCUT2D eigenvalue weighted by Crippen LogP contribution is -2.50. The van der Waals surface area contributed by atoms with Gasteiger partial charge in [-0.1, -0.05) is 62.4 Å². The highest BCUT2D eigenvalue weighted by Gasteiger charge is 2.44. The number of aliphatic hydroxyl groups excluding tert-OH is 1. The first-order valence-corrected chi connectivity index (χ1v) is 17.8. The Kier molecular flexibility index (Phi) is 13.4. The number of aliphatic hydroxyl groups is 1. The molecule has 51 heavy (non-hydrogen) atoms. The number of hydrogen-bond acceptors (Lipinski definition) is 7. The van der Waals surface area contributed by atoms with Crippen LogP contribution in [0.15, 0.2) is 85.5 Å².